The van der Waals surface area contributed by atoms with Crippen molar-refractivity contribution in [1.82, 2.24) is 5.32 Å². The molecule has 0 aromatic heterocycles. The molecule has 27 heavy (non-hydrogen) atoms. The molecule has 1 aromatic rings. The molecule has 0 radical (unpaired) electrons. The van der Waals surface area contributed by atoms with E-state index in [1.807, 2.05) is 13.8 Å². The predicted octanol–water partition coefficient (Wildman–Crippen LogP) is 2.02. The monoisotopic (exact) mass is 372 g/mol. The fourth-order valence-electron chi connectivity index (χ4n) is 4.02. The molecule has 1 saturated carbocycles. The quantitative estimate of drug-likeness (QED) is 0.755. The van der Waals surface area contributed by atoms with E-state index in [-0.39, 0.29) is 35.7 Å². The number of hydrogen-bond donors (Lipinski definition) is 3. The van der Waals surface area contributed by atoms with E-state index in [4.69, 9.17) is 5.73 Å². The summed E-state index contributed by atoms with van der Waals surface area (Å²) in [4.78, 5) is 38.9. The normalized spacial score (nSPS) is 25.0. The maximum Gasteiger partial charge on any atom is 0.251 e. The second kappa shape index (κ2) is 7.68. The van der Waals surface area contributed by atoms with Crippen molar-refractivity contribution >= 4 is 29.1 Å². The van der Waals surface area contributed by atoms with Crippen molar-refractivity contribution in [3.8, 4) is 0 Å². The first-order valence-electron chi connectivity index (χ1n) is 9.60. The van der Waals surface area contributed by atoms with E-state index in [1.165, 1.54) is 11.8 Å². The Morgan fingerprint density at radius 3 is 2.59 bits per heavy atom. The minimum atomic E-state index is -0.560. The van der Waals surface area contributed by atoms with Crippen LogP contribution in [0.25, 0.3) is 0 Å². The van der Waals surface area contributed by atoms with Crippen LogP contribution in [0, 0.1) is 5.92 Å². The molecule has 3 rings (SSSR count). The van der Waals surface area contributed by atoms with Crippen molar-refractivity contribution in [1.29, 1.82) is 0 Å². The molecule has 3 atom stereocenters. The van der Waals surface area contributed by atoms with Gasteiger partial charge in [-0.1, -0.05) is 26.7 Å². The van der Waals surface area contributed by atoms with Gasteiger partial charge in [-0.3, -0.25) is 19.3 Å². The second-order valence-corrected chi connectivity index (χ2v) is 7.83. The lowest BCUT2D eigenvalue weighted by molar-refractivity contribution is -0.123. The molecule has 146 valence electrons. The van der Waals surface area contributed by atoms with Gasteiger partial charge in [-0.25, -0.2) is 0 Å². The van der Waals surface area contributed by atoms with Gasteiger partial charge in [0.25, 0.3) is 5.91 Å². The molecule has 1 aliphatic heterocycles. The predicted molar refractivity (Wildman–Crippen MR) is 105 cm³/mol. The van der Waals surface area contributed by atoms with Crippen LogP contribution in [0.15, 0.2) is 18.2 Å². The maximum absolute atomic E-state index is 12.7. The van der Waals surface area contributed by atoms with E-state index in [0.29, 0.717) is 16.9 Å². The third kappa shape index (κ3) is 3.83. The highest BCUT2D eigenvalue weighted by Gasteiger charge is 2.37. The molecule has 7 nitrogen and oxygen atoms in total. The summed E-state index contributed by atoms with van der Waals surface area (Å²) in [5.74, 6) is -0.678. The Hall–Kier alpha value is -2.41. The van der Waals surface area contributed by atoms with Crippen LogP contribution < -0.4 is 21.3 Å². The number of nitrogens with two attached hydrogens (primary N) is 1. The fraction of sp³-hybridized carbons (Fsp3) is 0.550. The highest BCUT2D eigenvalue weighted by atomic mass is 16.2. The van der Waals surface area contributed by atoms with E-state index in [2.05, 4.69) is 10.6 Å². The highest BCUT2D eigenvalue weighted by molar-refractivity contribution is 6.12. The molecule has 1 fully saturated rings. The summed E-state index contributed by atoms with van der Waals surface area (Å²) in [5.41, 5.74) is 7.65. The summed E-state index contributed by atoms with van der Waals surface area (Å²) in [6.45, 7) is 5.25. The number of amides is 3. The van der Waals surface area contributed by atoms with Crippen molar-refractivity contribution in [2.45, 2.75) is 64.6 Å². The first kappa shape index (κ1) is 19.4. The molecule has 2 aliphatic rings. The third-order valence-electron chi connectivity index (χ3n) is 5.43. The zero-order valence-corrected chi connectivity index (χ0v) is 16.1. The molecule has 1 heterocycles. The van der Waals surface area contributed by atoms with Gasteiger partial charge in [0.1, 0.15) is 6.04 Å². The van der Waals surface area contributed by atoms with Crippen LogP contribution in [-0.2, 0) is 9.59 Å². The maximum atomic E-state index is 12.7. The van der Waals surface area contributed by atoms with Crippen LogP contribution in [0.2, 0.25) is 0 Å². The zero-order valence-electron chi connectivity index (χ0n) is 16.1. The largest absolute Gasteiger partial charge is 0.348 e. The number of benzene rings is 1. The van der Waals surface area contributed by atoms with E-state index in [9.17, 15) is 14.4 Å². The first-order chi connectivity index (χ1) is 12.8. The van der Waals surface area contributed by atoms with Crippen LogP contribution in [0.4, 0.5) is 11.4 Å². The summed E-state index contributed by atoms with van der Waals surface area (Å²) in [7, 11) is 0. The molecule has 3 unspecified atom stereocenters. The fourth-order valence-corrected chi connectivity index (χ4v) is 4.02. The van der Waals surface area contributed by atoms with Crippen molar-refractivity contribution in [2.24, 2.45) is 11.7 Å². The minimum Gasteiger partial charge on any atom is -0.348 e. The van der Waals surface area contributed by atoms with Gasteiger partial charge in [0, 0.05) is 24.6 Å². The molecule has 0 saturated heterocycles. The summed E-state index contributed by atoms with van der Waals surface area (Å²) < 4.78 is 0. The topological polar surface area (TPSA) is 105 Å². The van der Waals surface area contributed by atoms with E-state index < -0.39 is 6.04 Å². The summed E-state index contributed by atoms with van der Waals surface area (Å²) >= 11 is 0. The van der Waals surface area contributed by atoms with Gasteiger partial charge in [-0.15, -0.1) is 0 Å². The van der Waals surface area contributed by atoms with Gasteiger partial charge < -0.3 is 16.4 Å². The van der Waals surface area contributed by atoms with Crippen LogP contribution in [0.3, 0.4) is 0 Å². The average molecular weight is 372 g/mol. The highest BCUT2D eigenvalue weighted by Crippen LogP contribution is 2.35. The van der Waals surface area contributed by atoms with Crippen LogP contribution in [-0.4, -0.2) is 35.8 Å². The van der Waals surface area contributed by atoms with Crippen LogP contribution in [0.5, 0.6) is 0 Å². The number of rotatable bonds is 3. The van der Waals surface area contributed by atoms with Crippen LogP contribution in [0.1, 0.15) is 56.8 Å². The van der Waals surface area contributed by atoms with Gasteiger partial charge >= 0.3 is 0 Å². The number of fused-ring (bicyclic) bond motifs is 1. The van der Waals surface area contributed by atoms with Gasteiger partial charge in [0.15, 0.2) is 0 Å². The number of carbonyl (C=O) groups is 3. The SMILES string of the molecule is CC(=O)N1c2ccc(C(=O)NC3CCCCC3N)cc2NC(=O)C1C(C)C. The van der Waals surface area contributed by atoms with Gasteiger partial charge in [-0.2, -0.15) is 0 Å². The number of nitrogens with one attached hydrogen (secondary N) is 2. The van der Waals surface area contributed by atoms with E-state index >= 15 is 0 Å². The minimum absolute atomic E-state index is 0.0277. The lowest BCUT2D eigenvalue weighted by Crippen LogP contribution is -2.53. The lowest BCUT2D eigenvalue weighted by atomic mass is 9.91. The number of carbonyl (C=O) groups excluding carboxylic acids is 3. The Labute approximate surface area is 159 Å². The Morgan fingerprint density at radius 1 is 1.26 bits per heavy atom. The average Bonchev–Trinajstić information content (AvgIpc) is 2.61. The van der Waals surface area contributed by atoms with Crippen molar-refractivity contribution < 1.29 is 14.4 Å². The van der Waals surface area contributed by atoms with Gasteiger partial charge in [-0.05, 0) is 37.0 Å². The molecule has 4 N–H and O–H groups in total. The lowest BCUT2D eigenvalue weighted by Gasteiger charge is -2.38. The molecule has 0 spiro atoms. The number of hydrogen-bond acceptors (Lipinski definition) is 4. The molecule has 3 amide bonds. The summed E-state index contributed by atoms with van der Waals surface area (Å²) in [5, 5.41) is 5.85. The Kier molecular flexibility index (Phi) is 5.51. The van der Waals surface area contributed by atoms with Gasteiger partial charge in [0.2, 0.25) is 11.8 Å². The van der Waals surface area contributed by atoms with Crippen molar-refractivity contribution in [3.63, 3.8) is 0 Å². The van der Waals surface area contributed by atoms with E-state index in [1.54, 1.807) is 18.2 Å². The number of anilines is 2. The molecule has 1 aliphatic carbocycles. The molecular weight excluding hydrogens is 344 g/mol. The Balaban J connectivity index is 1.86. The molecule has 0 bridgehead atoms. The zero-order chi connectivity index (χ0) is 19.7. The molecular formula is C20H28N4O3. The molecule has 7 heteroatoms. The molecule has 1 aromatic carbocycles. The standard InChI is InChI=1S/C20H28N4O3/c1-11(2)18-20(27)23-16-10-13(8-9-17(16)24(18)12(3)25)19(26)22-15-7-5-4-6-14(15)21/h8-11,14-15,18H,4-7,21H2,1-3H3,(H,22,26)(H,23,27). The summed E-state index contributed by atoms with van der Waals surface area (Å²) in [6.07, 6.45) is 3.94. The van der Waals surface area contributed by atoms with Crippen molar-refractivity contribution in [3.05, 3.63) is 23.8 Å². The summed E-state index contributed by atoms with van der Waals surface area (Å²) in [6, 6.07) is 4.42. The Morgan fingerprint density at radius 2 is 1.96 bits per heavy atom. The van der Waals surface area contributed by atoms with E-state index in [0.717, 1.165) is 25.7 Å². The van der Waals surface area contributed by atoms with Crippen LogP contribution >= 0.6 is 0 Å². The number of nitrogens with zero attached hydrogens (tertiary/aromatic N) is 1. The second-order valence-electron chi connectivity index (χ2n) is 7.83. The third-order valence-corrected chi connectivity index (χ3v) is 5.43. The smallest absolute Gasteiger partial charge is 0.251 e. The Bertz CT molecular complexity index is 762. The first-order valence-corrected chi connectivity index (χ1v) is 9.60. The van der Waals surface area contributed by atoms with Crippen molar-refractivity contribution in [2.75, 3.05) is 10.2 Å². The van der Waals surface area contributed by atoms with Gasteiger partial charge in [0.05, 0.1) is 11.4 Å².